The van der Waals surface area contributed by atoms with Crippen molar-refractivity contribution in [2.75, 3.05) is 11.9 Å². The van der Waals surface area contributed by atoms with E-state index in [1.54, 1.807) is 12.5 Å². The SMILES string of the molecule is C=C1CCC2[C@](C)(CC[C@@H](O)[C@@]2(C)CO)C1CC(Nc1ccccn1)C1=CC(=Cc2ccc3c(c2)ncn3C)OC1=O. The highest BCUT2D eigenvalue weighted by molar-refractivity contribution is 5.95. The zero-order chi connectivity index (χ0) is 29.6. The van der Waals surface area contributed by atoms with Crippen LogP contribution in [-0.4, -0.2) is 49.5 Å². The van der Waals surface area contributed by atoms with Crippen molar-refractivity contribution in [2.45, 2.75) is 58.1 Å². The topological polar surface area (TPSA) is 110 Å². The van der Waals surface area contributed by atoms with Crippen molar-refractivity contribution < 1.29 is 19.7 Å². The van der Waals surface area contributed by atoms with E-state index in [1.807, 2.05) is 67.1 Å². The maximum atomic E-state index is 13.4. The molecular formula is C34H40N4O4. The number of aliphatic hydroxyl groups is 2. The lowest BCUT2D eigenvalue weighted by Gasteiger charge is -2.60. The Morgan fingerprint density at radius 2 is 2.07 bits per heavy atom. The lowest BCUT2D eigenvalue weighted by Crippen LogP contribution is -2.58. The first-order valence-corrected chi connectivity index (χ1v) is 14.8. The second-order valence-corrected chi connectivity index (χ2v) is 12.8. The molecule has 2 saturated carbocycles. The highest BCUT2D eigenvalue weighted by Gasteiger charge is 2.58. The van der Waals surface area contributed by atoms with Crippen molar-refractivity contribution in [3.8, 4) is 0 Å². The van der Waals surface area contributed by atoms with E-state index in [-0.39, 0.29) is 35.9 Å². The van der Waals surface area contributed by atoms with Crippen LogP contribution in [0.25, 0.3) is 17.1 Å². The highest BCUT2D eigenvalue weighted by Crippen LogP contribution is 2.62. The van der Waals surface area contributed by atoms with Gasteiger partial charge in [0.1, 0.15) is 11.6 Å². The zero-order valence-corrected chi connectivity index (χ0v) is 24.6. The molecule has 0 saturated heterocycles. The van der Waals surface area contributed by atoms with Gasteiger partial charge in [0.05, 0.1) is 41.7 Å². The Labute approximate surface area is 246 Å². The van der Waals surface area contributed by atoms with Gasteiger partial charge < -0.3 is 24.8 Å². The standard InChI is InChI=1S/C34H40N4O4/c1-21-8-11-29-33(2,13-12-30(40)34(29,3)19-39)25(21)18-26(37-31-7-5-6-14-35-31)24-17-23(42-32(24)41)15-22-9-10-28-27(16-22)36-20-38(28)4/h5-7,9-10,14-17,20,25-26,29-30,39-40H,1,8,11-13,18-19H2,2-4H3,(H,35,37)/t25?,26?,29?,30-,33-,34+/m1/s1. The average Bonchev–Trinajstić information content (AvgIpc) is 3.54. The number of nitrogens with one attached hydrogen (secondary N) is 1. The largest absolute Gasteiger partial charge is 0.423 e. The molecule has 2 aliphatic carbocycles. The number of cyclic esters (lactones) is 1. The number of carbonyl (C=O) groups is 1. The third kappa shape index (κ3) is 4.86. The van der Waals surface area contributed by atoms with Gasteiger partial charge in [-0.15, -0.1) is 0 Å². The molecule has 2 fully saturated rings. The number of imidazole rings is 1. The number of aliphatic hydroxyl groups excluding tert-OH is 2. The number of pyridine rings is 1. The third-order valence-electron chi connectivity index (χ3n) is 10.3. The van der Waals surface area contributed by atoms with Gasteiger partial charge in [0.2, 0.25) is 0 Å². The van der Waals surface area contributed by atoms with Crippen molar-refractivity contribution in [2.24, 2.45) is 29.7 Å². The summed E-state index contributed by atoms with van der Waals surface area (Å²) in [5.74, 6) is 0.987. The first-order chi connectivity index (χ1) is 20.1. The van der Waals surface area contributed by atoms with Crippen molar-refractivity contribution in [1.82, 2.24) is 14.5 Å². The lowest BCUT2D eigenvalue weighted by molar-refractivity contribution is -0.152. The summed E-state index contributed by atoms with van der Waals surface area (Å²) < 4.78 is 7.75. The van der Waals surface area contributed by atoms with Crippen molar-refractivity contribution >= 4 is 28.9 Å². The fourth-order valence-electron chi connectivity index (χ4n) is 7.89. The molecule has 0 radical (unpaired) electrons. The fourth-order valence-corrected chi connectivity index (χ4v) is 7.89. The number of aryl methyl sites for hydroxylation is 1. The minimum Gasteiger partial charge on any atom is -0.423 e. The molecule has 3 heterocycles. The Kier molecular flexibility index (Phi) is 7.31. The van der Waals surface area contributed by atoms with Crippen molar-refractivity contribution in [3.63, 3.8) is 0 Å². The van der Waals surface area contributed by atoms with Crippen LogP contribution in [0.4, 0.5) is 5.82 Å². The van der Waals surface area contributed by atoms with Crippen LogP contribution in [0, 0.1) is 22.7 Å². The fraction of sp³-hybridized carbons (Fsp3) is 0.441. The molecular weight excluding hydrogens is 528 g/mol. The van der Waals surface area contributed by atoms with Gasteiger partial charge in [0.15, 0.2) is 0 Å². The van der Waals surface area contributed by atoms with Crippen LogP contribution in [-0.2, 0) is 16.6 Å². The molecule has 2 aromatic heterocycles. The summed E-state index contributed by atoms with van der Waals surface area (Å²) in [5, 5.41) is 24.9. The third-order valence-corrected chi connectivity index (χ3v) is 10.3. The smallest absolute Gasteiger partial charge is 0.341 e. The predicted octanol–water partition coefficient (Wildman–Crippen LogP) is 5.41. The monoisotopic (exact) mass is 568 g/mol. The maximum absolute atomic E-state index is 13.4. The number of rotatable bonds is 7. The molecule has 0 spiro atoms. The van der Waals surface area contributed by atoms with Crippen molar-refractivity contribution in [3.05, 3.63) is 84.0 Å². The summed E-state index contributed by atoms with van der Waals surface area (Å²) in [6.45, 7) is 8.75. The molecule has 6 atom stereocenters. The van der Waals surface area contributed by atoms with Gasteiger partial charge in [-0.3, -0.25) is 0 Å². The van der Waals surface area contributed by atoms with Gasteiger partial charge in [0.25, 0.3) is 0 Å². The van der Waals surface area contributed by atoms with Gasteiger partial charge >= 0.3 is 5.97 Å². The van der Waals surface area contributed by atoms with E-state index in [0.29, 0.717) is 30.0 Å². The Hall–Kier alpha value is -3.75. The molecule has 0 amide bonds. The molecule has 8 nitrogen and oxygen atoms in total. The van der Waals surface area contributed by atoms with Crippen molar-refractivity contribution in [1.29, 1.82) is 0 Å². The minimum absolute atomic E-state index is 0.0564. The molecule has 0 bridgehead atoms. The molecule has 3 N–H and O–H groups in total. The van der Waals surface area contributed by atoms with E-state index in [2.05, 4.69) is 28.8 Å². The zero-order valence-electron chi connectivity index (χ0n) is 24.6. The first-order valence-electron chi connectivity index (χ1n) is 14.8. The van der Waals surface area contributed by atoms with Gasteiger partial charge in [-0.1, -0.05) is 38.1 Å². The number of allylic oxidation sites excluding steroid dienone is 2. The molecule has 42 heavy (non-hydrogen) atoms. The summed E-state index contributed by atoms with van der Waals surface area (Å²) in [6, 6.07) is 11.3. The Balaban J connectivity index is 1.34. The Bertz CT molecular complexity index is 1580. The van der Waals surface area contributed by atoms with Crippen LogP contribution in [0.5, 0.6) is 0 Å². The molecule has 8 heteroatoms. The number of ether oxygens (including phenoxy) is 1. The summed E-state index contributed by atoms with van der Waals surface area (Å²) >= 11 is 0. The van der Waals surface area contributed by atoms with E-state index in [0.717, 1.165) is 41.4 Å². The molecule has 3 unspecified atom stereocenters. The number of aromatic nitrogens is 3. The summed E-state index contributed by atoms with van der Waals surface area (Å²) in [5.41, 5.74) is 3.75. The van der Waals surface area contributed by atoms with Gasteiger partial charge in [-0.25, -0.2) is 14.8 Å². The van der Waals surface area contributed by atoms with Gasteiger partial charge in [-0.05, 0) is 91.3 Å². The number of hydrogen-bond donors (Lipinski definition) is 3. The number of anilines is 1. The molecule has 1 aromatic carbocycles. The number of carbonyl (C=O) groups excluding carboxylic acids is 1. The molecule has 6 rings (SSSR count). The molecule has 1 aliphatic heterocycles. The first kappa shape index (κ1) is 28.4. The quantitative estimate of drug-likeness (QED) is 0.258. The number of esters is 1. The van der Waals surface area contributed by atoms with E-state index < -0.39 is 11.5 Å². The van der Waals surface area contributed by atoms with E-state index in [9.17, 15) is 15.0 Å². The summed E-state index contributed by atoms with van der Waals surface area (Å²) in [4.78, 5) is 22.3. The average molecular weight is 569 g/mol. The van der Waals surface area contributed by atoms with E-state index >= 15 is 0 Å². The van der Waals surface area contributed by atoms with Gasteiger partial charge in [0, 0.05) is 18.7 Å². The molecule has 3 aliphatic rings. The highest BCUT2D eigenvalue weighted by atomic mass is 16.5. The maximum Gasteiger partial charge on any atom is 0.341 e. The number of fused-ring (bicyclic) bond motifs is 2. The Morgan fingerprint density at radius 3 is 2.83 bits per heavy atom. The lowest BCUT2D eigenvalue weighted by atomic mass is 9.46. The van der Waals surface area contributed by atoms with Crippen LogP contribution in [0.15, 0.2) is 78.5 Å². The minimum atomic E-state index is -0.577. The van der Waals surface area contributed by atoms with E-state index in [1.165, 1.54) is 0 Å². The normalized spacial score (nSPS) is 31.1. The van der Waals surface area contributed by atoms with Crippen LogP contribution in [0.2, 0.25) is 0 Å². The predicted molar refractivity (Wildman–Crippen MR) is 163 cm³/mol. The number of nitrogens with zero attached hydrogens (tertiary/aromatic N) is 3. The van der Waals surface area contributed by atoms with Crippen LogP contribution in [0.3, 0.4) is 0 Å². The second-order valence-electron chi connectivity index (χ2n) is 12.8. The van der Waals surface area contributed by atoms with Crippen LogP contribution >= 0.6 is 0 Å². The van der Waals surface area contributed by atoms with Crippen LogP contribution < -0.4 is 5.32 Å². The second kappa shape index (κ2) is 10.8. The molecule has 220 valence electrons. The van der Waals surface area contributed by atoms with Crippen LogP contribution in [0.1, 0.15) is 51.5 Å². The van der Waals surface area contributed by atoms with E-state index in [4.69, 9.17) is 4.74 Å². The number of hydrogen-bond acceptors (Lipinski definition) is 7. The Morgan fingerprint density at radius 1 is 1.24 bits per heavy atom. The van der Waals surface area contributed by atoms with Gasteiger partial charge in [-0.2, -0.15) is 0 Å². The summed E-state index contributed by atoms with van der Waals surface area (Å²) in [6.07, 6.45) is 10.5. The molecule has 3 aromatic rings. The summed E-state index contributed by atoms with van der Waals surface area (Å²) in [7, 11) is 1.96. The number of benzene rings is 1.